The van der Waals surface area contributed by atoms with Crippen LogP contribution in [0.5, 0.6) is 23.0 Å². The van der Waals surface area contributed by atoms with Crippen molar-refractivity contribution in [3.8, 4) is 23.0 Å². The number of ether oxygens (including phenoxy) is 2. The fourth-order valence-corrected chi connectivity index (χ4v) is 4.02. The third-order valence-electron chi connectivity index (χ3n) is 6.29. The van der Waals surface area contributed by atoms with Gasteiger partial charge in [-0.1, -0.05) is 13.8 Å². The maximum atomic E-state index is 12.6. The first-order valence-electron chi connectivity index (χ1n) is 13.5. The van der Waals surface area contributed by atoms with Crippen LogP contribution in [0.4, 0.5) is 17.1 Å². The highest BCUT2D eigenvalue weighted by molar-refractivity contribution is 6.10. The predicted octanol–water partition coefficient (Wildman–Crippen LogP) is 6.08. The number of nitrogens with one attached hydrogen (secondary N) is 2. The maximum Gasteiger partial charge on any atom is 0.336 e. The van der Waals surface area contributed by atoms with Crippen LogP contribution in [0, 0.1) is 5.41 Å². The van der Waals surface area contributed by atoms with E-state index in [2.05, 4.69) is 15.5 Å². The number of benzene rings is 4. The first-order chi connectivity index (χ1) is 21.5. The summed E-state index contributed by atoms with van der Waals surface area (Å²) in [5, 5.41) is 43.2. The average molecular weight is 619 g/mol. The number of carbonyl (C=O) groups excluding carboxylic acids is 2. The molecule has 0 bridgehead atoms. The van der Waals surface area contributed by atoms with Crippen LogP contribution in [0.25, 0.3) is 0 Å². The minimum absolute atomic E-state index is 0.0676. The summed E-state index contributed by atoms with van der Waals surface area (Å²) >= 11 is 0. The number of aromatic hydroxyl groups is 2. The van der Waals surface area contributed by atoms with E-state index >= 15 is 0 Å². The van der Waals surface area contributed by atoms with Crippen LogP contribution in [0.2, 0.25) is 0 Å². The largest absolute Gasteiger partial charge is 0.508 e. The third-order valence-corrected chi connectivity index (χ3v) is 6.29. The number of rotatable bonds is 13. The Kier molecular flexibility index (Phi) is 11.9. The number of carbonyl (C=O) groups is 3. The molecule has 4 aromatic carbocycles. The van der Waals surface area contributed by atoms with Gasteiger partial charge in [0, 0.05) is 28.0 Å². The second kappa shape index (κ2) is 15.8. The summed E-state index contributed by atoms with van der Waals surface area (Å²) in [6, 6.07) is 22.3. The van der Waals surface area contributed by atoms with Crippen molar-refractivity contribution >= 4 is 35.7 Å². The van der Waals surface area contributed by atoms with Crippen molar-refractivity contribution in [1.29, 1.82) is 0 Å². The molecule has 4 aromatic rings. The molecular weight excluding hydrogens is 584 g/mol. The van der Waals surface area contributed by atoms with Crippen LogP contribution in [-0.4, -0.2) is 52.5 Å². The molecule has 45 heavy (non-hydrogen) atoms. The number of phenols is 2. The van der Waals surface area contributed by atoms with Crippen LogP contribution >= 0.6 is 0 Å². The Bertz CT molecular complexity index is 1590. The van der Waals surface area contributed by atoms with Crippen molar-refractivity contribution in [2.75, 3.05) is 23.8 Å². The van der Waals surface area contributed by atoms with Gasteiger partial charge in [0.15, 0.2) is 0 Å². The molecular formula is C33H34N2O10. The first kappa shape index (κ1) is 33.9. The summed E-state index contributed by atoms with van der Waals surface area (Å²) in [5.74, 6) is -0.861. The molecule has 1 amide bonds. The molecule has 0 fully saturated rings. The van der Waals surface area contributed by atoms with E-state index in [9.17, 15) is 24.9 Å². The summed E-state index contributed by atoms with van der Waals surface area (Å²) in [4.78, 5) is 36.3. The van der Waals surface area contributed by atoms with Crippen molar-refractivity contribution in [3.63, 3.8) is 0 Å². The molecule has 0 radical (unpaired) electrons. The van der Waals surface area contributed by atoms with Crippen LogP contribution in [-0.2, 0) is 16.3 Å². The standard InChI is InChI=1S/C32H32N2O9.CH2O/c1-32(2,18-41-25-9-3-21(4-10-25)33-29-14-8-23(35)15-20(29)17-43-40)19-42-26-11-5-22(6-12-26)34-30(37)27-13-7-24(36)16-28(27)31(38)39;1-2/h3-16,33,35-36,40H,17-19H2,1-2H3,(H,34,37)(H,38,39);1H2. The number of phenolic OH excluding ortho intramolecular Hbond substituents is 2. The van der Waals surface area contributed by atoms with E-state index in [1.54, 1.807) is 30.3 Å². The number of hydrogen-bond donors (Lipinski definition) is 6. The van der Waals surface area contributed by atoms with Gasteiger partial charge in [-0.3, -0.25) is 10.1 Å². The molecule has 4 rings (SSSR count). The average Bonchev–Trinajstić information content (AvgIpc) is 3.03. The van der Waals surface area contributed by atoms with E-state index in [0.29, 0.717) is 41.7 Å². The Morgan fingerprint density at radius 2 is 1.29 bits per heavy atom. The molecule has 236 valence electrons. The lowest BCUT2D eigenvalue weighted by molar-refractivity contribution is -0.252. The predicted molar refractivity (Wildman–Crippen MR) is 167 cm³/mol. The van der Waals surface area contributed by atoms with E-state index in [0.717, 1.165) is 11.8 Å². The molecule has 12 nitrogen and oxygen atoms in total. The molecule has 0 saturated carbocycles. The van der Waals surface area contributed by atoms with E-state index < -0.39 is 11.9 Å². The lowest BCUT2D eigenvalue weighted by Crippen LogP contribution is -2.28. The number of hydrogen-bond acceptors (Lipinski definition) is 10. The molecule has 0 aliphatic rings. The zero-order valence-corrected chi connectivity index (χ0v) is 24.6. The molecule has 0 aromatic heterocycles. The van der Waals surface area contributed by atoms with Gasteiger partial charge in [-0.2, -0.15) is 0 Å². The second-order valence-corrected chi connectivity index (χ2v) is 10.5. The molecule has 0 aliphatic carbocycles. The van der Waals surface area contributed by atoms with E-state index in [4.69, 9.17) is 19.5 Å². The zero-order chi connectivity index (χ0) is 33.0. The van der Waals surface area contributed by atoms with Crippen molar-refractivity contribution in [1.82, 2.24) is 0 Å². The molecule has 0 aliphatic heterocycles. The Balaban J connectivity index is 0.00000271. The zero-order valence-electron chi connectivity index (χ0n) is 24.6. The fourth-order valence-electron chi connectivity index (χ4n) is 4.02. The number of carboxylic acids is 1. The Hall–Kier alpha value is -5.59. The molecule has 0 atom stereocenters. The molecule has 0 unspecified atom stereocenters. The number of anilines is 3. The highest BCUT2D eigenvalue weighted by Crippen LogP contribution is 2.28. The smallest absolute Gasteiger partial charge is 0.336 e. The summed E-state index contributed by atoms with van der Waals surface area (Å²) in [5.41, 5.74) is 1.79. The molecule has 6 N–H and O–H groups in total. The van der Waals surface area contributed by atoms with Gasteiger partial charge < -0.3 is 40.2 Å². The monoisotopic (exact) mass is 618 g/mol. The van der Waals surface area contributed by atoms with Crippen LogP contribution in [0.3, 0.4) is 0 Å². The van der Waals surface area contributed by atoms with Crippen LogP contribution in [0.1, 0.15) is 40.1 Å². The van der Waals surface area contributed by atoms with Gasteiger partial charge in [-0.25, -0.2) is 9.68 Å². The van der Waals surface area contributed by atoms with Crippen molar-refractivity contribution in [2.24, 2.45) is 5.41 Å². The molecule has 12 heteroatoms. The lowest BCUT2D eigenvalue weighted by atomic mass is 9.96. The van der Waals surface area contributed by atoms with Gasteiger partial charge in [-0.05, 0) is 84.9 Å². The third kappa shape index (κ3) is 9.99. The lowest BCUT2D eigenvalue weighted by Gasteiger charge is -2.25. The summed E-state index contributed by atoms with van der Waals surface area (Å²) in [6.07, 6.45) is 0. The van der Waals surface area contributed by atoms with Crippen molar-refractivity contribution in [2.45, 2.75) is 20.5 Å². The van der Waals surface area contributed by atoms with E-state index in [1.807, 2.05) is 44.9 Å². The van der Waals surface area contributed by atoms with Gasteiger partial charge in [0.1, 0.15) is 36.4 Å². The van der Waals surface area contributed by atoms with Crippen molar-refractivity contribution < 1.29 is 49.3 Å². The molecule has 0 spiro atoms. The van der Waals surface area contributed by atoms with Gasteiger partial charge in [0.25, 0.3) is 5.91 Å². The fraction of sp³-hybridized carbons (Fsp3) is 0.182. The van der Waals surface area contributed by atoms with Crippen molar-refractivity contribution in [3.05, 3.63) is 102 Å². The second-order valence-electron chi connectivity index (χ2n) is 10.5. The quantitative estimate of drug-likeness (QED) is 0.0580. The molecule has 0 saturated heterocycles. The SMILES string of the molecule is C=O.CC(C)(COc1ccc(NC(=O)c2ccc(O)cc2C(=O)O)cc1)COc1ccc(Nc2ccc(O)cc2COO)cc1. The highest BCUT2D eigenvalue weighted by atomic mass is 17.1. The van der Waals surface area contributed by atoms with E-state index in [-0.39, 0.29) is 34.6 Å². The van der Waals surface area contributed by atoms with Gasteiger partial charge in [0.2, 0.25) is 0 Å². The minimum atomic E-state index is -1.32. The van der Waals surface area contributed by atoms with Gasteiger partial charge in [-0.15, -0.1) is 0 Å². The van der Waals surface area contributed by atoms with Crippen LogP contribution < -0.4 is 20.1 Å². The van der Waals surface area contributed by atoms with Gasteiger partial charge >= 0.3 is 5.97 Å². The maximum absolute atomic E-state index is 12.6. The Morgan fingerprint density at radius 3 is 1.84 bits per heavy atom. The number of carboxylic acid groups (broad SMARTS) is 1. The number of aromatic carboxylic acids is 1. The Labute approximate surface area is 259 Å². The summed E-state index contributed by atoms with van der Waals surface area (Å²) in [7, 11) is 0. The minimum Gasteiger partial charge on any atom is -0.508 e. The topological polar surface area (TPSA) is 184 Å². The Morgan fingerprint density at radius 1 is 0.756 bits per heavy atom. The summed E-state index contributed by atoms with van der Waals surface area (Å²) < 4.78 is 11.9. The first-order valence-corrected chi connectivity index (χ1v) is 13.5. The van der Waals surface area contributed by atoms with Crippen LogP contribution in [0.15, 0.2) is 84.9 Å². The van der Waals surface area contributed by atoms with E-state index in [1.165, 1.54) is 24.3 Å². The highest BCUT2D eigenvalue weighted by Gasteiger charge is 2.21. The normalized spacial score (nSPS) is 10.6. The summed E-state index contributed by atoms with van der Waals surface area (Å²) in [6.45, 7) is 6.66. The number of amides is 1. The molecule has 0 heterocycles. The van der Waals surface area contributed by atoms with Gasteiger partial charge in [0.05, 0.1) is 24.3 Å².